The second kappa shape index (κ2) is 6.66. The van der Waals surface area contributed by atoms with E-state index in [-0.39, 0.29) is 12.4 Å². The molecule has 2 rings (SSSR count). The Morgan fingerprint density at radius 2 is 1.84 bits per heavy atom. The van der Waals surface area contributed by atoms with E-state index in [4.69, 9.17) is 16.7 Å². The Labute approximate surface area is 116 Å². The summed E-state index contributed by atoms with van der Waals surface area (Å²) in [5, 5.41) is 12.7. The SMILES string of the molecule is OCc1cccc(CNCc2cc(Cl)ccc2F)c1. The fourth-order valence-corrected chi connectivity index (χ4v) is 2.05. The molecule has 2 aromatic rings. The maximum absolute atomic E-state index is 13.5. The quantitative estimate of drug-likeness (QED) is 0.880. The smallest absolute Gasteiger partial charge is 0.127 e. The molecule has 2 nitrogen and oxygen atoms in total. The van der Waals surface area contributed by atoms with Crippen molar-refractivity contribution in [3.8, 4) is 0 Å². The Bertz CT molecular complexity index is 560. The second-order valence-corrected chi connectivity index (χ2v) is 4.75. The Hall–Kier alpha value is -1.42. The molecule has 0 spiro atoms. The summed E-state index contributed by atoms with van der Waals surface area (Å²) in [7, 11) is 0. The van der Waals surface area contributed by atoms with Gasteiger partial charge in [0.15, 0.2) is 0 Å². The molecule has 0 unspecified atom stereocenters. The van der Waals surface area contributed by atoms with Crippen LogP contribution >= 0.6 is 11.6 Å². The summed E-state index contributed by atoms with van der Waals surface area (Å²) < 4.78 is 13.5. The zero-order chi connectivity index (χ0) is 13.7. The number of nitrogens with one attached hydrogen (secondary N) is 1. The number of benzene rings is 2. The lowest BCUT2D eigenvalue weighted by Crippen LogP contribution is -2.13. The first kappa shape index (κ1) is 14.0. The van der Waals surface area contributed by atoms with Crippen molar-refractivity contribution in [1.82, 2.24) is 5.32 Å². The fraction of sp³-hybridized carbons (Fsp3) is 0.200. The molecule has 0 aliphatic heterocycles. The molecule has 19 heavy (non-hydrogen) atoms. The molecule has 0 radical (unpaired) electrons. The lowest BCUT2D eigenvalue weighted by Gasteiger charge is -2.07. The van der Waals surface area contributed by atoms with Crippen molar-refractivity contribution < 1.29 is 9.50 Å². The third kappa shape index (κ3) is 4.03. The molecule has 0 aliphatic carbocycles. The molecule has 2 aromatic carbocycles. The van der Waals surface area contributed by atoms with E-state index >= 15 is 0 Å². The minimum Gasteiger partial charge on any atom is -0.392 e. The molecule has 0 atom stereocenters. The van der Waals surface area contributed by atoms with Crippen LogP contribution in [-0.2, 0) is 19.7 Å². The highest BCUT2D eigenvalue weighted by molar-refractivity contribution is 6.30. The number of aliphatic hydroxyl groups is 1. The van der Waals surface area contributed by atoms with E-state index in [9.17, 15) is 4.39 Å². The third-order valence-corrected chi connectivity index (χ3v) is 3.06. The van der Waals surface area contributed by atoms with Gasteiger partial charge >= 0.3 is 0 Å². The maximum atomic E-state index is 13.5. The molecule has 0 aromatic heterocycles. The highest BCUT2D eigenvalue weighted by Crippen LogP contribution is 2.14. The summed E-state index contributed by atoms with van der Waals surface area (Å²) in [6.45, 7) is 1.05. The average molecular weight is 280 g/mol. The zero-order valence-electron chi connectivity index (χ0n) is 10.4. The predicted octanol–water partition coefficient (Wildman–Crippen LogP) is 3.26. The largest absolute Gasteiger partial charge is 0.392 e. The standard InChI is InChI=1S/C15H15ClFNO/c16-14-4-5-15(17)13(7-14)9-18-8-11-2-1-3-12(6-11)10-19/h1-7,18-19H,8-10H2. The maximum Gasteiger partial charge on any atom is 0.127 e. The van der Waals surface area contributed by atoms with Crippen LogP contribution in [0, 0.1) is 5.82 Å². The molecule has 2 N–H and O–H groups in total. The van der Waals surface area contributed by atoms with Crippen LogP contribution in [0.1, 0.15) is 16.7 Å². The number of aliphatic hydroxyl groups excluding tert-OH is 1. The summed E-state index contributed by atoms with van der Waals surface area (Å²) in [5.74, 6) is -0.263. The van der Waals surface area contributed by atoms with Gasteiger partial charge in [-0.15, -0.1) is 0 Å². The number of rotatable bonds is 5. The van der Waals surface area contributed by atoms with Gasteiger partial charge in [0.25, 0.3) is 0 Å². The van der Waals surface area contributed by atoms with Crippen LogP contribution in [0.25, 0.3) is 0 Å². The molecule has 4 heteroatoms. The van der Waals surface area contributed by atoms with Crippen LogP contribution < -0.4 is 5.32 Å². The Balaban J connectivity index is 1.94. The fourth-order valence-electron chi connectivity index (χ4n) is 1.86. The Kier molecular flexibility index (Phi) is 4.91. The van der Waals surface area contributed by atoms with Gasteiger partial charge in [-0.1, -0.05) is 35.9 Å². The number of hydrogen-bond acceptors (Lipinski definition) is 2. The summed E-state index contributed by atoms with van der Waals surface area (Å²) in [4.78, 5) is 0. The zero-order valence-corrected chi connectivity index (χ0v) is 11.1. The summed E-state index contributed by atoms with van der Waals surface area (Å²) in [5.41, 5.74) is 2.47. The van der Waals surface area contributed by atoms with E-state index in [1.807, 2.05) is 24.3 Å². The second-order valence-electron chi connectivity index (χ2n) is 4.32. The Morgan fingerprint density at radius 1 is 1.05 bits per heavy atom. The average Bonchev–Trinajstić information content (AvgIpc) is 2.43. The normalized spacial score (nSPS) is 10.7. The van der Waals surface area contributed by atoms with Crippen LogP contribution in [0.15, 0.2) is 42.5 Å². The van der Waals surface area contributed by atoms with Gasteiger partial charge in [0.05, 0.1) is 6.61 Å². The molecular formula is C15H15ClFNO. The van der Waals surface area contributed by atoms with E-state index in [1.54, 1.807) is 6.07 Å². The summed E-state index contributed by atoms with van der Waals surface area (Å²) in [6.07, 6.45) is 0. The van der Waals surface area contributed by atoms with Crippen molar-refractivity contribution in [1.29, 1.82) is 0 Å². The number of hydrogen-bond donors (Lipinski definition) is 2. The van der Waals surface area contributed by atoms with Gasteiger partial charge in [0.1, 0.15) is 5.82 Å². The van der Waals surface area contributed by atoms with Gasteiger partial charge in [-0.05, 0) is 29.3 Å². The van der Waals surface area contributed by atoms with E-state index in [0.29, 0.717) is 23.7 Å². The van der Waals surface area contributed by atoms with E-state index in [0.717, 1.165) is 11.1 Å². The summed E-state index contributed by atoms with van der Waals surface area (Å²) >= 11 is 5.83. The topological polar surface area (TPSA) is 32.3 Å². The highest BCUT2D eigenvalue weighted by atomic mass is 35.5. The first-order chi connectivity index (χ1) is 9.19. The highest BCUT2D eigenvalue weighted by Gasteiger charge is 2.02. The molecule has 0 saturated heterocycles. The van der Waals surface area contributed by atoms with Crippen molar-refractivity contribution in [3.63, 3.8) is 0 Å². The molecule has 0 heterocycles. The molecule has 0 saturated carbocycles. The minimum absolute atomic E-state index is 0.0246. The lowest BCUT2D eigenvalue weighted by atomic mass is 10.1. The van der Waals surface area contributed by atoms with Crippen molar-refractivity contribution in [3.05, 3.63) is 70.0 Å². The molecule has 100 valence electrons. The van der Waals surface area contributed by atoms with E-state index < -0.39 is 0 Å². The molecular weight excluding hydrogens is 265 g/mol. The lowest BCUT2D eigenvalue weighted by molar-refractivity contribution is 0.281. The van der Waals surface area contributed by atoms with Gasteiger partial charge in [0, 0.05) is 23.7 Å². The van der Waals surface area contributed by atoms with Gasteiger partial charge in [-0.25, -0.2) is 4.39 Å². The van der Waals surface area contributed by atoms with Gasteiger partial charge in [-0.2, -0.15) is 0 Å². The van der Waals surface area contributed by atoms with Crippen LogP contribution in [0.5, 0.6) is 0 Å². The molecule has 0 bridgehead atoms. The first-order valence-corrected chi connectivity index (χ1v) is 6.40. The van der Waals surface area contributed by atoms with E-state index in [1.165, 1.54) is 12.1 Å². The van der Waals surface area contributed by atoms with Crippen LogP contribution in [0.3, 0.4) is 0 Å². The van der Waals surface area contributed by atoms with Gasteiger partial charge in [-0.3, -0.25) is 0 Å². The van der Waals surface area contributed by atoms with Crippen molar-refractivity contribution in [2.24, 2.45) is 0 Å². The monoisotopic (exact) mass is 279 g/mol. The third-order valence-electron chi connectivity index (χ3n) is 2.83. The first-order valence-electron chi connectivity index (χ1n) is 6.02. The number of halogens is 2. The van der Waals surface area contributed by atoms with Crippen molar-refractivity contribution in [2.45, 2.75) is 19.7 Å². The van der Waals surface area contributed by atoms with Crippen LogP contribution in [-0.4, -0.2) is 5.11 Å². The van der Waals surface area contributed by atoms with Gasteiger partial charge < -0.3 is 10.4 Å². The minimum atomic E-state index is -0.263. The van der Waals surface area contributed by atoms with Crippen LogP contribution in [0.4, 0.5) is 4.39 Å². The van der Waals surface area contributed by atoms with Crippen molar-refractivity contribution >= 4 is 11.6 Å². The molecule has 0 fully saturated rings. The Morgan fingerprint density at radius 3 is 2.63 bits per heavy atom. The predicted molar refractivity (Wildman–Crippen MR) is 74.3 cm³/mol. The molecule has 0 amide bonds. The van der Waals surface area contributed by atoms with Crippen molar-refractivity contribution in [2.75, 3.05) is 0 Å². The van der Waals surface area contributed by atoms with Crippen LogP contribution in [0.2, 0.25) is 5.02 Å². The molecule has 0 aliphatic rings. The summed E-state index contributed by atoms with van der Waals surface area (Å²) in [6, 6.07) is 12.1. The van der Waals surface area contributed by atoms with Gasteiger partial charge in [0.2, 0.25) is 0 Å². The van der Waals surface area contributed by atoms with E-state index in [2.05, 4.69) is 5.32 Å².